The number of alkyl halides is 2. The highest BCUT2D eigenvalue weighted by atomic mass is 19.3. The van der Waals surface area contributed by atoms with Gasteiger partial charge in [-0.25, -0.2) is 8.78 Å². The summed E-state index contributed by atoms with van der Waals surface area (Å²) in [5, 5.41) is 0. The molecule has 0 heterocycles. The quantitative estimate of drug-likeness (QED) is 0.477. The fraction of sp³-hybridized carbons (Fsp3) is 0.500. The molecule has 1 fully saturated rings. The summed E-state index contributed by atoms with van der Waals surface area (Å²) in [6, 6.07) is 9.48. The van der Waals surface area contributed by atoms with Crippen molar-refractivity contribution in [3.63, 3.8) is 0 Å². The van der Waals surface area contributed by atoms with Crippen LogP contribution in [0.1, 0.15) is 67.6 Å². The van der Waals surface area contributed by atoms with Crippen LogP contribution in [-0.2, 0) is 6.42 Å². The summed E-state index contributed by atoms with van der Waals surface area (Å²) in [5.41, 5.74) is 2.61. The maximum Gasteiger partial charge on any atom is 0.387 e. The van der Waals surface area contributed by atoms with E-state index in [-0.39, 0.29) is 17.6 Å². The third-order valence-electron chi connectivity index (χ3n) is 6.81. The van der Waals surface area contributed by atoms with Crippen LogP contribution in [0.2, 0.25) is 0 Å². The first-order chi connectivity index (χ1) is 14.0. The van der Waals surface area contributed by atoms with E-state index in [0.717, 1.165) is 49.3 Å². The van der Waals surface area contributed by atoms with Gasteiger partial charge in [-0.2, -0.15) is 8.78 Å². The highest BCUT2D eigenvalue weighted by Gasteiger charge is 2.43. The second kappa shape index (κ2) is 8.37. The molecule has 0 saturated heterocycles. The zero-order valence-electron chi connectivity index (χ0n) is 16.5. The fourth-order valence-electron chi connectivity index (χ4n) is 5.77. The average Bonchev–Trinajstić information content (AvgIpc) is 2.68. The molecule has 0 bridgehead atoms. The number of benzene rings is 2. The summed E-state index contributed by atoms with van der Waals surface area (Å²) >= 11 is 0. The highest BCUT2D eigenvalue weighted by molar-refractivity contribution is 5.38. The van der Waals surface area contributed by atoms with Gasteiger partial charge in [0.2, 0.25) is 0 Å². The summed E-state index contributed by atoms with van der Waals surface area (Å²) in [6.45, 7) is -0.670. The van der Waals surface area contributed by atoms with Gasteiger partial charge in [-0.3, -0.25) is 0 Å². The van der Waals surface area contributed by atoms with Crippen molar-refractivity contribution in [3.05, 3.63) is 64.7 Å². The molecule has 0 aromatic heterocycles. The maximum atomic E-state index is 14.3. The van der Waals surface area contributed by atoms with Crippen LogP contribution in [0.4, 0.5) is 17.6 Å². The lowest BCUT2D eigenvalue weighted by molar-refractivity contribution is -0.0498. The van der Waals surface area contributed by atoms with Crippen LogP contribution in [0.15, 0.2) is 36.4 Å². The van der Waals surface area contributed by atoms with E-state index in [4.69, 9.17) is 0 Å². The van der Waals surface area contributed by atoms with Crippen molar-refractivity contribution < 1.29 is 22.3 Å². The molecule has 4 rings (SSSR count). The molecule has 0 spiro atoms. The van der Waals surface area contributed by atoms with Crippen LogP contribution in [0.3, 0.4) is 0 Å². The van der Waals surface area contributed by atoms with Gasteiger partial charge in [-0.15, -0.1) is 0 Å². The maximum absolute atomic E-state index is 14.3. The van der Waals surface area contributed by atoms with Crippen LogP contribution < -0.4 is 4.74 Å². The Kier molecular flexibility index (Phi) is 5.84. The van der Waals surface area contributed by atoms with Crippen molar-refractivity contribution in [2.24, 2.45) is 11.8 Å². The number of rotatable bonds is 5. The third kappa shape index (κ3) is 4.01. The smallest absolute Gasteiger partial charge is 0.387 e. The first-order valence-electron chi connectivity index (χ1n) is 10.5. The molecule has 0 unspecified atom stereocenters. The van der Waals surface area contributed by atoms with Gasteiger partial charge in [0.25, 0.3) is 0 Å². The average molecular weight is 406 g/mol. The van der Waals surface area contributed by atoms with E-state index in [1.165, 1.54) is 6.07 Å². The van der Waals surface area contributed by atoms with Gasteiger partial charge in [0.15, 0.2) is 0 Å². The molecule has 0 aliphatic heterocycles. The predicted molar refractivity (Wildman–Crippen MR) is 104 cm³/mol. The minimum absolute atomic E-state index is 0.138. The molecule has 0 amide bonds. The molecule has 2 aromatic carbocycles. The molecule has 29 heavy (non-hydrogen) atoms. The van der Waals surface area contributed by atoms with E-state index >= 15 is 0 Å². The normalized spacial score (nSPS) is 26.1. The van der Waals surface area contributed by atoms with Gasteiger partial charge < -0.3 is 4.74 Å². The molecule has 0 N–H and O–H groups in total. The van der Waals surface area contributed by atoms with Crippen molar-refractivity contribution in [1.29, 1.82) is 0 Å². The minimum Gasteiger partial charge on any atom is -0.435 e. The summed E-state index contributed by atoms with van der Waals surface area (Å²) in [5.74, 6) is 0.398. The van der Waals surface area contributed by atoms with Crippen molar-refractivity contribution in [2.45, 2.75) is 63.9 Å². The van der Waals surface area contributed by atoms with E-state index < -0.39 is 18.2 Å². The van der Waals surface area contributed by atoms with Crippen LogP contribution in [-0.4, -0.2) is 6.61 Å². The summed E-state index contributed by atoms with van der Waals surface area (Å²) in [7, 11) is 0. The van der Waals surface area contributed by atoms with Crippen molar-refractivity contribution in [1.82, 2.24) is 0 Å². The number of halogens is 4. The highest BCUT2D eigenvalue weighted by Crippen LogP contribution is 2.55. The molecule has 5 heteroatoms. The molecule has 2 aliphatic carbocycles. The van der Waals surface area contributed by atoms with Crippen molar-refractivity contribution in [3.8, 4) is 5.75 Å². The number of fused-ring (bicyclic) bond motifs is 3. The zero-order chi connectivity index (χ0) is 20.5. The van der Waals surface area contributed by atoms with E-state index in [1.807, 2.05) is 12.1 Å². The number of hydrogen-bond donors (Lipinski definition) is 0. The second-order valence-corrected chi connectivity index (χ2v) is 8.36. The van der Waals surface area contributed by atoms with Gasteiger partial charge >= 0.3 is 6.61 Å². The Hall–Kier alpha value is -2.04. The van der Waals surface area contributed by atoms with Gasteiger partial charge in [0.1, 0.15) is 17.4 Å². The standard InChI is InChI=1S/C24H26F4O/c1-2-3-14-6-9-18-20(11-10-19-21(18)12-16(25)13-22(19)26)23(14)15-4-7-17(8-5-15)29-24(27)28/h4-5,7-8,12-14,18,20,23-24H,2-3,6,9-11H2,1H3/t14-,18-,20+,23-/m1/s1. The monoisotopic (exact) mass is 406 g/mol. The molecule has 2 aliphatic rings. The molecular weight excluding hydrogens is 380 g/mol. The molecule has 4 atom stereocenters. The Morgan fingerprint density at radius 3 is 2.48 bits per heavy atom. The first-order valence-corrected chi connectivity index (χ1v) is 10.5. The van der Waals surface area contributed by atoms with Gasteiger partial charge in [-0.05, 0) is 84.2 Å². The summed E-state index contributed by atoms with van der Waals surface area (Å²) < 4.78 is 57.8. The Balaban J connectivity index is 1.68. The zero-order valence-corrected chi connectivity index (χ0v) is 16.5. The van der Waals surface area contributed by atoms with Crippen LogP contribution >= 0.6 is 0 Å². The fourth-order valence-corrected chi connectivity index (χ4v) is 5.77. The second-order valence-electron chi connectivity index (χ2n) is 8.36. The lowest BCUT2D eigenvalue weighted by Crippen LogP contribution is -2.35. The van der Waals surface area contributed by atoms with Crippen molar-refractivity contribution in [2.75, 3.05) is 0 Å². The van der Waals surface area contributed by atoms with Gasteiger partial charge in [0.05, 0.1) is 0 Å². The summed E-state index contributed by atoms with van der Waals surface area (Å²) in [6.07, 6.45) is 5.59. The number of hydrogen-bond acceptors (Lipinski definition) is 1. The minimum atomic E-state index is -2.84. The summed E-state index contributed by atoms with van der Waals surface area (Å²) in [4.78, 5) is 0. The number of ether oxygens (including phenoxy) is 1. The molecule has 2 aromatic rings. The van der Waals surface area contributed by atoms with Crippen LogP contribution in [0, 0.1) is 23.5 Å². The van der Waals surface area contributed by atoms with Gasteiger partial charge in [-0.1, -0.05) is 31.9 Å². The third-order valence-corrected chi connectivity index (χ3v) is 6.81. The lowest BCUT2D eigenvalue weighted by atomic mass is 9.57. The van der Waals surface area contributed by atoms with E-state index in [0.29, 0.717) is 23.8 Å². The van der Waals surface area contributed by atoms with Crippen LogP contribution in [0.5, 0.6) is 5.75 Å². The lowest BCUT2D eigenvalue weighted by Gasteiger charge is -2.47. The van der Waals surface area contributed by atoms with Crippen LogP contribution in [0.25, 0.3) is 0 Å². The van der Waals surface area contributed by atoms with Gasteiger partial charge in [0, 0.05) is 6.07 Å². The first kappa shape index (κ1) is 20.2. The Morgan fingerprint density at radius 1 is 1.03 bits per heavy atom. The molecule has 156 valence electrons. The predicted octanol–water partition coefficient (Wildman–Crippen LogP) is 7.21. The topological polar surface area (TPSA) is 9.23 Å². The van der Waals surface area contributed by atoms with E-state index in [2.05, 4.69) is 11.7 Å². The molecule has 1 nitrogen and oxygen atoms in total. The Labute approximate surface area is 169 Å². The van der Waals surface area contributed by atoms with E-state index in [1.54, 1.807) is 12.1 Å². The SMILES string of the molecule is CCC[C@@H]1CC[C@H]2c3cc(F)cc(F)c3CC[C@@H]2[C@H]1c1ccc(OC(F)F)cc1. The molecule has 1 saturated carbocycles. The van der Waals surface area contributed by atoms with Crippen molar-refractivity contribution >= 4 is 0 Å². The molecular formula is C24H26F4O. The Morgan fingerprint density at radius 2 is 1.79 bits per heavy atom. The van der Waals surface area contributed by atoms with E-state index in [9.17, 15) is 17.6 Å². The molecule has 0 radical (unpaired) electrons. The Bertz CT molecular complexity index is 849. The largest absolute Gasteiger partial charge is 0.435 e.